The van der Waals surface area contributed by atoms with Gasteiger partial charge in [-0.3, -0.25) is 14.5 Å². The minimum absolute atomic E-state index is 0.00469. The second-order valence-electron chi connectivity index (χ2n) is 6.69. The third-order valence-electron chi connectivity index (χ3n) is 4.49. The van der Waals surface area contributed by atoms with Crippen LogP contribution in [0.4, 0.5) is 0 Å². The van der Waals surface area contributed by atoms with Crippen LogP contribution in [0.1, 0.15) is 33.0 Å². The first-order valence-electron chi connectivity index (χ1n) is 8.49. The molecule has 1 amide bonds. The predicted octanol–water partition coefficient (Wildman–Crippen LogP) is 3.44. The quantitative estimate of drug-likeness (QED) is 0.733. The zero-order chi connectivity index (χ0) is 18.1. The molecule has 0 aliphatic heterocycles. The zero-order valence-electron chi connectivity index (χ0n) is 15.5. The third kappa shape index (κ3) is 3.55. The van der Waals surface area contributed by atoms with Gasteiger partial charge >= 0.3 is 0 Å². The van der Waals surface area contributed by atoms with Crippen LogP contribution in [0.2, 0.25) is 0 Å². The molecule has 0 saturated carbocycles. The molecule has 5 heteroatoms. The van der Waals surface area contributed by atoms with Gasteiger partial charge in [-0.2, -0.15) is 5.10 Å². The molecule has 130 valence electrons. The lowest BCUT2D eigenvalue weighted by Crippen LogP contribution is -2.31. The Labute approximate surface area is 148 Å². The largest absolute Gasteiger partial charge is 0.340 e. The van der Waals surface area contributed by atoms with Crippen LogP contribution in [0.5, 0.6) is 0 Å². The Kier molecular flexibility index (Phi) is 4.57. The summed E-state index contributed by atoms with van der Waals surface area (Å²) in [6.07, 6.45) is 0. The van der Waals surface area contributed by atoms with Gasteiger partial charge < -0.3 is 4.90 Å². The fraction of sp³-hybridized carbons (Fsp3) is 0.350. The summed E-state index contributed by atoms with van der Waals surface area (Å²) in [5, 5.41) is 5.45. The Morgan fingerprint density at radius 3 is 2.56 bits per heavy atom. The number of likely N-dealkylation sites (N-methyl/N-ethyl adjacent to an activating group) is 1. The van der Waals surface area contributed by atoms with Crippen LogP contribution in [-0.4, -0.2) is 39.2 Å². The number of fused-ring (bicyclic) bond motifs is 1. The maximum absolute atomic E-state index is 12.9. The van der Waals surface area contributed by atoms with Crippen molar-refractivity contribution in [2.24, 2.45) is 0 Å². The van der Waals surface area contributed by atoms with Gasteiger partial charge in [0.2, 0.25) is 0 Å². The first kappa shape index (κ1) is 17.1. The summed E-state index contributed by atoms with van der Waals surface area (Å²) in [4.78, 5) is 19.2. The van der Waals surface area contributed by atoms with Crippen LogP contribution in [-0.2, 0) is 6.54 Å². The minimum atomic E-state index is -0.00469. The van der Waals surface area contributed by atoms with E-state index >= 15 is 0 Å². The topological polar surface area (TPSA) is 51.0 Å². The molecule has 0 aliphatic rings. The predicted molar refractivity (Wildman–Crippen MR) is 99.9 cm³/mol. The van der Waals surface area contributed by atoms with Gasteiger partial charge in [0.15, 0.2) is 0 Å². The van der Waals surface area contributed by atoms with E-state index in [2.05, 4.69) is 16.1 Å². The number of amides is 1. The van der Waals surface area contributed by atoms with E-state index in [1.807, 2.05) is 63.7 Å². The molecule has 0 atom stereocenters. The van der Waals surface area contributed by atoms with E-state index in [4.69, 9.17) is 0 Å². The van der Waals surface area contributed by atoms with E-state index in [-0.39, 0.29) is 5.91 Å². The molecule has 0 bridgehead atoms. The molecule has 0 aliphatic carbocycles. The maximum atomic E-state index is 12.9. The fourth-order valence-electron chi connectivity index (χ4n) is 3.06. The summed E-state index contributed by atoms with van der Waals surface area (Å²) in [5.41, 5.74) is 5.61. The molecule has 2 heterocycles. The molecule has 0 unspecified atom stereocenters. The summed E-state index contributed by atoms with van der Waals surface area (Å²) in [7, 11) is 1.83. The minimum Gasteiger partial charge on any atom is -0.340 e. The molecule has 2 aromatic heterocycles. The number of aromatic nitrogens is 3. The first-order valence-corrected chi connectivity index (χ1v) is 8.49. The number of aryl methyl sites for hydroxylation is 4. The zero-order valence-corrected chi connectivity index (χ0v) is 15.5. The normalized spacial score (nSPS) is 11.1. The molecule has 5 nitrogen and oxygen atoms in total. The van der Waals surface area contributed by atoms with Crippen molar-refractivity contribution >= 4 is 16.8 Å². The van der Waals surface area contributed by atoms with Gasteiger partial charge in [-0.05, 0) is 52.0 Å². The van der Waals surface area contributed by atoms with Gasteiger partial charge in [0.1, 0.15) is 0 Å². The van der Waals surface area contributed by atoms with Crippen molar-refractivity contribution in [3.8, 4) is 0 Å². The van der Waals surface area contributed by atoms with Crippen molar-refractivity contribution in [2.75, 3.05) is 13.6 Å². The van der Waals surface area contributed by atoms with Crippen LogP contribution in [0.15, 0.2) is 30.3 Å². The second kappa shape index (κ2) is 6.67. The van der Waals surface area contributed by atoms with Crippen molar-refractivity contribution in [3.05, 3.63) is 58.5 Å². The van der Waals surface area contributed by atoms with E-state index in [0.29, 0.717) is 18.7 Å². The Balaban J connectivity index is 1.80. The summed E-state index contributed by atoms with van der Waals surface area (Å²) in [5.74, 6) is -0.00469. The SMILES string of the molecule is Cc1ccc2nc(C)c(C(=O)N(C)CCn3nc(C)cc3C)cc2c1. The number of rotatable bonds is 4. The molecule has 0 spiro atoms. The Bertz CT molecular complexity index is 942. The van der Waals surface area contributed by atoms with E-state index in [0.717, 1.165) is 33.5 Å². The van der Waals surface area contributed by atoms with Crippen molar-refractivity contribution in [2.45, 2.75) is 34.2 Å². The van der Waals surface area contributed by atoms with Gasteiger partial charge in [0.05, 0.1) is 29.0 Å². The van der Waals surface area contributed by atoms with Crippen molar-refractivity contribution in [1.29, 1.82) is 0 Å². The van der Waals surface area contributed by atoms with Crippen LogP contribution in [0.25, 0.3) is 10.9 Å². The molecular weight excluding hydrogens is 312 g/mol. The van der Waals surface area contributed by atoms with Crippen LogP contribution in [0.3, 0.4) is 0 Å². The number of pyridine rings is 1. The van der Waals surface area contributed by atoms with Gasteiger partial charge in [0.25, 0.3) is 5.91 Å². The summed E-state index contributed by atoms with van der Waals surface area (Å²) >= 11 is 0. The number of benzene rings is 1. The molecule has 0 radical (unpaired) electrons. The van der Waals surface area contributed by atoms with Gasteiger partial charge in [-0.25, -0.2) is 0 Å². The molecule has 3 rings (SSSR count). The van der Waals surface area contributed by atoms with E-state index in [1.165, 1.54) is 0 Å². The maximum Gasteiger partial charge on any atom is 0.255 e. The second-order valence-corrected chi connectivity index (χ2v) is 6.69. The monoisotopic (exact) mass is 336 g/mol. The Morgan fingerprint density at radius 2 is 1.88 bits per heavy atom. The molecule has 0 N–H and O–H groups in total. The van der Waals surface area contributed by atoms with Crippen molar-refractivity contribution < 1.29 is 4.79 Å². The number of hydrogen-bond acceptors (Lipinski definition) is 3. The number of carbonyl (C=O) groups is 1. The van der Waals surface area contributed by atoms with Gasteiger partial charge in [-0.15, -0.1) is 0 Å². The average Bonchev–Trinajstić information content (AvgIpc) is 2.89. The smallest absolute Gasteiger partial charge is 0.255 e. The standard InChI is InChI=1S/C20H24N4O/c1-13-6-7-19-17(10-13)12-18(16(4)21-19)20(25)23(5)8-9-24-15(3)11-14(2)22-24/h6-7,10-12H,8-9H2,1-5H3. The van der Waals surface area contributed by atoms with E-state index in [9.17, 15) is 4.79 Å². The van der Waals surface area contributed by atoms with Crippen molar-refractivity contribution in [3.63, 3.8) is 0 Å². The van der Waals surface area contributed by atoms with E-state index in [1.54, 1.807) is 4.90 Å². The average molecular weight is 336 g/mol. The first-order chi connectivity index (χ1) is 11.8. The number of nitrogens with zero attached hydrogens (tertiary/aromatic N) is 4. The summed E-state index contributed by atoms with van der Waals surface area (Å²) in [6.45, 7) is 9.22. The molecule has 0 saturated heterocycles. The van der Waals surface area contributed by atoms with Gasteiger partial charge in [0, 0.05) is 24.7 Å². The fourth-order valence-corrected chi connectivity index (χ4v) is 3.06. The number of hydrogen-bond donors (Lipinski definition) is 0. The molecule has 3 aromatic rings. The molecular formula is C20H24N4O. The van der Waals surface area contributed by atoms with Crippen LogP contribution in [0, 0.1) is 27.7 Å². The highest BCUT2D eigenvalue weighted by molar-refractivity contribution is 5.98. The Hall–Kier alpha value is -2.69. The lowest BCUT2D eigenvalue weighted by atomic mass is 10.1. The highest BCUT2D eigenvalue weighted by atomic mass is 16.2. The summed E-state index contributed by atoms with van der Waals surface area (Å²) < 4.78 is 1.94. The third-order valence-corrected chi connectivity index (χ3v) is 4.49. The Morgan fingerprint density at radius 1 is 1.12 bits per heavy atom. The highest BCUT2D eigenvalue weighted by Gasteiger charge is 2.16. The molecule has 0 fully saturated rings. The highest BCUT2D eigenvalue weighted by Crippen LogP contribution is 2.19. The van der Waals surface area contributed by atoms with Gasteiger partial charge in [-0.1, -0.05) is 11.6 Å². The lowest BCUT2D eigenvalue weighted by Gasteiger charge is -2.19. The summed E-state index contributed by atoms with van der Waals surface area (Å²) in [6, 6.07) is 10.1. The van der Waals surface area contributed by atoms with Crippen molar-refractivity contribution in [1.82, 2.24) is 19.7 Å². The molecule has 25 heavy (non-hydrogen) atoms. The molecule has 1 aromatic carbocycles. The van der Waals surface area contributed by atoms with E-state index < -0.39 is 0 Å². The van der Waals surface area contributed by atoms with Crippen LogP contribution >= 0.6 is 0 Å². The number of carbonyl (C=O) groups excluding carboxylic acids is 1. The van der Waals surface area contributed by atoms with Crippen LogP contribution < -0.4 is 0 Å². The lowest BCUT2D eigenvalue weighted by molar-refractivity contribution is 0.0787.